The summed E-state index contributed by atoms with van der Waals surface area (Å²) in [5, 5.41) is 3.59. The number of aryl methyl sites for hydroxylation is 2. The molecule has 0 spiro atoms. The molecule has 0 aromatic carbocycles. The Labute approximate surface area is 214 Å². The molecule has 1 aliphatic carbocycles. The van der Waals surface area contributed by atoms with Crippen molar-refractivity contribution in [3.63, 3.8) is 0 Å². The number of aromatic nitrogens is 2. The third-order valence-electron chi connectivity index (χ3n) is 6.03. The first-order valence-corrected chi connectivity index (χ1v) is 13.9. The van der Waals surface area contributed by atoms with Crippen LogP contribution in [0.25, 0.3) is 6.08 Å². The average Bonchev–Trinajstić information content (AvgIpc) is 3.47. The SMILES string of the molecule is CN.Cc1nc(/C=C/C=O)cs1.FC(F)(F)CCc1nc2c(s1)CCN(CCC1CCCCC1)C2. The van der Waals surface area contributed by atoms with E-state index < -0.39 is 12.6 Å². The van der Waals surface area contributed by atoms with Gasteiger partial charge in [-0.1, -0.05) is 32.1 Å². The van der Waals surface area contributed by atoms with Gasteiger partial charge < -0.3 is 5.73 Å². The van der Waals surface area contributed by atoms with Crippen molar-refractivity contribution in [2.45, 2.75) is 77.4 Å². The maximum absolute atomic E-state index is 12.3. The zero-order valence-corrected chi connectivity index (χ0v) is 22.3. The number of alkyl halides is 3. The molecule has 0 bridgehead atoms. The Morgan fingerprint density at radius 1 is 1.20 bits per heavy atom. The van der Waals surface area contributed by atoms with Crippen molar-refractivity contribution in [2.24, 2.45) is 11.7 Å². The number of nitrogens with two attached hydrogens (primary N) is 1. The van der Waals surface area contributed by atoms with E-state index in [9.17, 15) is 18.0 Å². The molecule has 0 radical (unpaired) electrons. The molecule has 0 atom stereocenters. The Hall–Kier alpha value is -1.62. The predicted octanol–water partition coefficient (Wildman–Crippen LogP) is 6.21. The molecule has 1 saturated carbocycles. The number of allylic oxidation sites excluding steroid dienone is 1. The van der Waals surface area contributed by atoms with Crippen LogP contribution in [0.1, 0.15) is 71.2 Å². The third-order valence-corrected chi connectivity index (χ3v) is 8.04. The first kappa shape index (κ1) is 29.6. The number of hydrogen-bond donors (Lipinski definition) is 1. The van der Waals surface area contributed by atoms with Gasteiger partial charge in [-0.05, 0) is 51.4 Å². The van der Waals surface area contributed by atoms with Crippen LogP contribution >= 0.6 is 22.7 Å². The average molecular weight is 531 g/mol. The van der Waals surface area contributed by atoms with Crippen LogP contribution in [0, 0.1) is 12.8 Å². The monoisotopic (exact) mass is 530 g/mol. The van der Waals surface area contributed by atoms with Crippen LogP contribution in [-0.4, -0.2) is 47.5 Å². The summed E-state index contributed by atoms with van der Waals surface area (Å²) in [6, 6.07) is 0. The number of fused-ring (bicyclic) bond motifs is 1. The standard InChI is InChI=1S/C17H25F3N2S.C7H7NOS.CH5N/c18-17(19,20)9-6-16-21-14-12-22(11-8-15(14)23-16)10-7-13-4-2-1-3-5-13;1-6-8-7(5-10-6)3-2-4-9;1-2/h13H,1-12H2;2-5H,1H3;2H2,1H3/b;3-2+;. The number of carbonyl (C=O) groups is 1. The second-order valence-corrected chi connectivity index (χ2v) is 10.9. The van der Waals surface area contributed by atoms with Crippen LogP contribution in [0.3, 0.4) is 0 Å². The number of rotatable bonds is 7. The van der Waals surface area contributed by atoms with Gasteiger partial charge in [-0.3, -0.25) is 9.69 Å². The van der Waals surface area contributed by atoms with Gasteiger partial charge in [-0.25, -0.2) is 9.97 Å². The van der Waals surface area contributed by atoms with E-state index in [1.807, 2.05) is 12.3 Å². The van der Waals surface area contributed by atoms with Crippen LogP contribution in [0.4, 0.5) is 13.2 Å². The molecule has 2 aliphatic rings. The zero-order chi connectivity index (χ0) is 25.7. The molecule has 10 heteroatoms. The molecule has 3 heterocycles. The highest BCUT2D eigenvalue weighted by atomic mass is 32.1. The van der Waals surface area contributed by atoms with Crippen LogP contribution in [0.5, 0.6) is 0 Å². The van der Waals surface area contributed by atoms with E-state index in [1.54, 1.807) is 17.4 Å². The van der Waals surface area contributed by atoms with E-state index in [0.29, 0.717) is 5.01 Å². The van der Waals surface area contributed by atoms with E-state index in [0.717, 1.165) is 54.7 Å². The first-order valence-electron chi connectivity index (χ1n) is 12.2. The molecule has 4 rings (SSSR count). The topological polar surface area (TPSA) is 72.1 Å². The maximum Gasteiger partial charge on any atom is 0.389 e. The summed E-state index contributed by atoms with van der Waals surface area (Å²) >= 11 is 3.06. The molecule has 35 heavy (non-hydrogen) atoms. The van der Waals surface area contributed by atoms with Crippen LogP contribution in [0.2, 0.25) is 0 Å². The maximum atomic E-state index is 12.3. The van der Waals surface area contributed by atoms with Gasteiger partial charge in [-0.2, -0.15) is 13.2 Å². The Bertz CT molecular complexity index is 905. The Kier molecular flexibility index (Phi) is 13.1. The van der Waals surface area contributed by atoms with Crippen molar-refractivity contribution < 1.29 is 18.0 Å². The van der Waals surface area contributed by atoms with Gasteiger partial charge in [0, 0.05) is 36.2 Å². The van der Waals surface area contributed by atoms with Crippen molar-refractivity contribution >= 4 is 35.0 Å². The highest BCUT2D eigenvalue weighted by Gasteiger charge is 2.28. The number of carbonyl (C=O) groups excluding carboxylic acids is 1. The molecule has 2 aromatic heterocycles. The highest BCUT2D eigenvalue weighted by molar-refractivity contribution is 7.11. The Morgan fingerprint density at radius 3 is 2.57 bits per heavy atom. The third kappa shape index (κ3) is 11.3. The summed E-state index contributed by atoms with van der Waals surface area (Å²) in [6.45, 7) is 4.90. The molecule has 2 N–H and O–H groups in total. The van der Waals surface area contributed by atoms with Gasteiger partial charge in [0.05, 0.1) is 21.4 Å². The normalized spacial score (nSPS) is 16.7. The van der Waals surface area contributed by atoms with E-state index in [4.69, 9.17) is 0 Å². The fourth-order valence-corrected chi connectivity index (χ4v) is 5.93. The van der Waals surface area contributed by atoms with Crippen molar-refractivity contribution in [2.75, 3.05) is 20.1 Å². The second kappa shape index (κ2) is 15.5. The van der Waals surface area contributed by atoms with Gasteiger partial charge in [0.25, 0.3) is 0 Å². The lowest BCUT2D eigenvalue weighted by Crippen LogP contribution is -2.32. The van der Waals surface area contributed by atoms with E-state index in [2.05, 4.69) is 20.6 Å². The van der Waals surface area contributed by atoms with Gasteiger partial charge >= 0.3 is 6.18 Å². The van der Waals surface area contributed by atoms with Crippen LogP contribution in [0.15, 0.2) is 11.5 Å². The minimum atomic E-state index is -4.09. The van der Waals surface area contributed by atoms with Crippen molar-refractivity contribution in [3.8, 4) is 0 Å². The zero-order valence-electron chi connectivity index (χ0n) is 20.6. The van der Waals surface area contributed by atoms with Gasteiger partial charge in [0.2, 0.25) is 0 Å². The van der Waals surface area contributed by atoms with Crippen LogP contribution < -0.4 is 5.73 Å². The molecule has 0 saturated heterocycles. The fourth-order valence-electron chi connectivity index (χ4n) is 4.29. The van der Waals surface area contributed by atoms with Crippen LogP contribution in [-0.2, 0) is 24.2 Å². The fraction of sp³-hybridized carbons (Fsp3) is 0.640. The smallest absolute Gasteiger partial charge is 0.333 e. The Morgan fingerprint density at radius 2 is 1.94 bits per heavy atom. The van der Waals surface area contributed by atoms with E-state index in [1.165, 1.54) is 67.9 Å². The summed E-state index contributed by atoms with van der Waals surface area (Å²) < 4.78 is 37.0. The highest BCUT2D eigenvalue weighted by Crippen LogP contribution is 2.30. The van der Waals surface area contributed by atoms with Gasteiger partial charge in [0.1, 0.15) is 6.29 Å². The number of nitrogens with zero attached hydrogens (tertiary/aromatic N) is 3. The van der Waals surface area contributed by atoms with Crippen molar-refractivity contribution in [3.05, 3.63) is 37.7 Å². The lowest BCUT2D eigenvalue weighted by atomic mass is 9.87. The molecule has 2 aromatic rings. The molecule has 0 unspecified atom stereocenters. The van der Waals surface area contributed by atoms with E-state index >= 15 is 0 Å². The minimum Gasteiger partial charge on any atom is -0.333 e. The molecule has 1 fully saturated rings. The first-order chi connectivity index (χ1) is 16.8. The lowest BCUT2D eigenvalue weighted by Gasteiger charge is -2.29. The minimum absolute atomic E-state index is 0.0310. The quantitative estimate of drug-likeness (QED) is 0.341. The molecular weight excluding hydrogens is 493 g/mol. The molecule has 5 nitrogen and oxygen atoms in total. The molecule has 196 valence electrons. The van der Waals surface area contributed by atoms with E-state index in [-0.39, 0.29) is 6.42 Å². The summed E-state index contributed by atoms with van der Waals surface area (Å²) in [4.78, 5) is 22.1. The van der Waals surface area contributed by atoms with Gasteiger partial charge in [-0.15, -0.1) is 22.7 Å². The van der Waals surface area contributed by atoms with Crippen molar-refractivity contribution in [1.82, 2.24) is 14.9 Å². The van der Waals surface area contributed by atoms with Crippen molar-refractivity contribution in [1.29, 1.82) is 0 Å². The summed E-state index contributed by atoms with van der Waals surface area (Å²) in [5.41, 5.74) is 6.39. The largest absolute Gasteiger partial charge is 0.389 e. The number of aldehydes is 1. The lowest BCUT2D eigenvalue weighted by molar-refractivity contribution is -0.134. The Balaban J connectivity index is 0.000000302. The number of thiazole rings is 2. The second-order valence-electron chi connectivity index (χ2n) is 8.70. The summed E-state index contributed by atoms with van der Waals surface area (Å²) in [6.07, 6.45) is 8.17. The predicted molar refractivity (Wildman–Crippen MR) is 139 cm³/mol. The molecule has 1 aliphatic heterocycles. The van der Waals surface area contributed by atoms with Gasteiger partial charge in [0.15, 0.2) is 0 Å². The summed E-state index contributed by atoms with van der Waals surface area (Å²) in [5.74, 6) is 0.878. The summed E-state index contributed by atoms with van der Waals surface area (Å²) in [7, 11) is 1.50. The molecule has 0 amide bonds. The molecular formula is C25H37F3N4OS2. The number of hydrogen-bond acceptors (Lipinski definition) is 7. The number of halogens is 3.